The van der Waals surface area contributed by atoms with Crippen LogP contribution in [0.3, 0.4) is 0 Å². The van der Waals surface area contributed by atoms with Gasteiger partial charge < -0.3 is 19.3 Å². The lowest BCUT2D eigenvalue weighted by atomic mass is 9.91. The molecule has 1 aromatic rings. The predicted molar refractivity (Wildman–Crippen MR) is 119 cm³/mol. The summed E-state index contributed by atoms with van der Waals surface area (Å²) in [5.74, 6) is -0.0445. The number of amides is 3. The highest BCUT2D eigenvalue weighted by molar-refractivity contribution is 6.04. The van der Waals surface area contributed by atoms with E-state index in [2.05, 4.69) is 5.32 Å². The van der Waals surface area contributed by atoms with Crippen LogP contribution in [0.25, 0.3) is 0 Å². The highest BCUT2D eigenvalue weighted by Crippen LogP contribution is 2.33. The third-order valence-electron chi connectivity index (χ3n) is 5.67. The summed E-state index contributed by atoms with van der Waals surface area (Å²) in [6, 6.07) is 6.96. The monoisotopic (exact) mass is 444 g/mol. The van der Waals surface area contributed by atoms with E-state index in [1.54, 1.807) is 49.9 Å². The molecule has 1 spiro atoms. The van der Waals surface area contributed by atoms with Crippen LogP contribution in [0.15, 0.2) is 24.3 Å². The number of nitrogens with one attached hydrogen (secondary N) is 2. The minimum Gasteiger partial charge on any atom is -0.444 e. The summed E-state index contributed by atoms with van der Waals surface area (Å²) >= 11 is 0. The first-order valence-corrected chi connectivity index (χ1v) is 10.9. The molecule has 2 aliphatic heterocycles. The number of nitrogens with zero attached hydrogens (tertiary/aromatic N) is 2. The second-order valence-corrected chi connectivity index (χ2v) is 9.32. The molecule has 3 rings (SSSR count). The molecule has 32 heavy (non-hydrogen) atoms. The Hall–Kier alpha value is -3.10. The van der Waals surface area contributed by atoms with E-state index in [9.17, 15) is 14.4 Å². The molecule has 174 valence electrons. The molecular weight excluding hydrogens is 412 g/mol. The van der Waals surface area contributed by atoms with Crippen LogP contribution < -0.4 is 5.32 Å². The zero-order valence-electron chi connectivity index (χ0n) is 19.2. The van der Waals surface area contributed by atoms with Crippen LogP contribution in [0.1, 0.15) is 51.7 Å². The number of piperidine rings is 1. The number of alkyl carbamates (subject to hydrolysis) is 1. The van der Waals surface area contributed by atoms with Gasteiger partial charge in [-0.15, -0.1) is 0 Å². The lowest BCUT2D eigenvalue weighted by Gasteiger charge is -2.37. The van der Waals surface area contributed by atoms with Crippen molar-refractivity contribution in [1.82, 2.24) is 15.1 Å². The molecule has 2 aliphatic rings. The fraction of sp³-hybridized carbons (Fsp3) is 0.565. The van der Waals surface area contributed by atoms with Crippen molar-refractivity contribution in [1.29, 1.82) is 5.41 Å². The number of hydrogen-bond acceptors (Lipinski definition) is 6. The number of likely N-dealkylation sites (N-methyl/N-ethyl adjacent to an activating group) is 1. The maximum Gasteiger partial charge on any atom is 0.413 e. The summed E-state index contributed by atoms with van der Waals surface area (Å²) < 4.78 is 10.8. The fourth-order valence-corrected chi connectivity index (χ4v) is 3.91. The van der Waals surface area contributed by atoms with Crippen molar-refractivity contribution in [3.8, 4) is 0 Å². The molecule has 0 radical (unpaired) electrons. The highest BCUT2D eigenvalue weighted by atomic mass is 16.6. The van der Waals surface area contributed by atoms with Crippen LogP contribution in [0, 0.1) is 5.41 Å². The van der Waals surface area contributed by atoms with Crippen LogP contribution in [-0.4, -0.2) is 71.1 Å². The zero-order chi connectivity index (χ0) is 23.5. The van der Waals surface area contributed by atoms with Crippen molar-refractivity contribution in [3.63, 3.8) is 0 Å². The Morgan fingerprint density at radius 1 is 1.19 bits per heavy atom. The molecule has 2 N–H and O–H groups in total. The molecule has 0 atom stereocenters. The Morgan fingerprint density at radius 3 is 2.34 bits per heavy atom. The topological polar surface area (TPSA) is 112 Å². The van der Waals surface area contributed by atoms with Gasteiger partial charge >= 0.3 is 12.2 Å². The number of hydrogen-bond donors (Lipinski definition) is 2. The molecule has 2 fully saturated rings. The maximum atomic E-state index is 12.7. The first kappa shape index (κ1) is 23.6. The number of amidine groups is 1. The first-order valence-electron chi connectivity index (χ1n) is 10.9. The van der Waals surface area contributed by atoms with Gasteiger partial charge in [0.2, 0.25) is 5.91 Å². The molecule has 0 aromatic heterocycles. The van der Waals surface area contributed by atoms with Gasteiger partial charge in [-0.2, -0.15) is 0 Å². The molecule has 0 bridgehead atoms. The summed E-state index contributed by atoms with van der Waals surface area (Å²) in [6.07, 6.45) is 0.598. The smallest absolute Gasteiger partial charge is 0.413 e. The number of carbonyl (C=O) groups excluding carboxylic acids is 3. The number of rotatable bonds is 4. The molecule has 9 nitrogen and oxygen atoms in total. The predicted octanol–water partition coefficient (Wildman–Crippen LogP) is 2.91. The van der Waals surface area contributed by atoms with Crippen molar-refractivity contribution in [3.05, 3.63) is 35.4 Å². The fourth-order valence-electron chi connectivity index (χ4n) is 3.91. The van der Waals surface area contributed by atoms with Crippen molar-refractivity contribution in [2.24, 2.45) is 0 Å². The van der Waals surface area contributed by atoms with Crippen LogP contribution in [0.4, 0.5) is 9.59 Å². The minimum atomic E-state index is -0.681. The molecule has 0 aliphatic carbocycles. The molecule has 2 heterocycles. The lowest BCUT2D eigenvalue weighted by Crippen LogP contribution is -2.49. The van der Waals surface area contributed by atoms with Crippen LogP contribution in [0.2, 0.25) is 0 Å². The van der Waals surface area contributed by atoms with Gasteiger partial charge in [0, 0.05) is 38.0 Å². The van der Waals surface area contributed by atoms with E-state index < -0.39 is 17.3 Å². The minimum absolute atomic E-state index is 0.0197. The van der Waals surface area contributed by atoms with E-state index >= 15 is 0 Å². The third-order valence-corrected chi connectivity index (χ3v) is 5.67. The Bertz CT molecular complexity index is 883. The van der Waals surface area contributed by atoms with Gasteiger partial charge in [0.25, 0.3) is 0 Å². The van der Waals surface area contributed by atoms with Gasteiger partial charge in [0.1, 0.15) is 17.0 Å². The first-order chi connectivity index (χ1) is 15.0. The van der Waals surface area contributed by atoms with Gasteiger partial charge in [-0.05, 0) is 33.3 Å². The lowest BCUT2D eigenvalue weighted by molar-refractivity contribution is -0.133. The molecule has 3 amide bonds. The number of ether oxygens (including phenoxy) is 2. The van der Waals surface area contributed by atoms with Crippen LogP contribution in [-0.2, 0) is 20.7 Å². The van der Waals surface area contributed by atoms with Gasteiger partial charge in [-0.3, -0.25) is 15.5 Å². The normalized spacial score (nSPS) is 17.8. The standard InChI is InChI=1S/C23H32N4O5/c1-5-26-15-23(32-21(26)30)10-12-27(13-11-23)18(28)14-16-6-8-17(9-7-16)19(24)25-20(29)31-22(2,3)4/h6-9H,5,10-15H2,1-4H3,(H2,24,25,29). The van der Waals surface area contributed by atoms with Crippen molar-refractivity contribution in [2.45, 2.75) is 58.2 Å². The largest absolute Gasteiger partial charge is 0.444 e. The second kappa shape index (κ2) is 9.18. The van der Waals surface area contributed by atoms with E-state index in [1.807, 2.05) is 11.8 Å². The third kappa shape index (κ3) is 5.77. The van der Waals surface area contributed by atoms with Crippen LogP contribution in [0.5, 0.6) is 0 Å². The van der Waals surface area contributed by atoms with E-state index in [0.29, 0.717) is 44.6 Å². The highest BCUT2D eigenvalue weighted by Gasteiger charge is 2.46. The van der Waals surface area contributed by atoms with Gasteiger partial charge in [0.15, 0.2) is 0 Å². The Labute approximate surface area is 188 Å². The molecule has 0 saturated carbocycles. The Kier molecular flexibility index (Phi) is 6.76. The molecular formula is C23H32N4O5. The quantitative estimate of drug-likeness (QED) is 0.548. The number of carbonyl (C=O) groups is 3. The number of benzene rings is 1. The summed E-state index contributed by atoms with van der Waals surface area (Å²) in [4.78, 5) is 40.0. The average molecular weight is 445 g/mol. The molecule has 0 unspecified atom stereocenters. The molecule has 2 saturated heterocycles. The summed E-state index contributed by atoms with van der Waals surface area (Å²) in [7, 11) is 0. The Balaban J connectivity index is 1.49. The molecule has 9 heteroatoms. The van der Waals surface area contributed by atoms with E-state index in [-0.39, 0.29) is 24.3 Å². The van der Waals surface area contributed by atoms with Crippen molar-refractivity contribution >= 4 is 23.9 Å². The zero-order valence-corrected chi connectivity index (χ0v) is 19.2. The second-order valence-electron chi connectivity index (χ2n) is 9.32. The maximum absolute atomic E-state index is 12.7. The van der Waals surface area contributed by atoms with E-state index in [0.717, 1.165) is 5.56 Å². The van der Waals surface area contributed by atoms with Gasteiger partial charge in [-0.25, -0.2) is 9.59 Å². The van der Waals surface area contributed by atoms with E-state index in [4.69, 9.17) is 14.9 Å². The van der Waals surface area contributed by atoms with Gasteiger partial charge in [0.05, 0.1) is 13.0 Å². The van der Waals surface area contributed by atoms with Crippen molar-refractivity contribution in [2.75, 3.05) is 26.2 Å². The average Bonchev–Trinajstić information content (AvgIpc) is 3.02. The van der Waals surface area contributed by atoms with E-state index in [1.165, 1.54) is 0 Å². The molecule has 1 aromatic carbocycles. The number of likely N-dealkylation sites (tertiary alicyclic amines) is 1. The van der Waals surface area contributed by atoms with Crippen molar-refractivity contribution < 1.29 is 23.9 Å². The van der Waals surface area contributed by atoms with Gasteiger partial charge in [-0.1, -0.05) is 24.3 Å². The summed E-state index contributed by atoms with van der Waals surface area (Å²) in [6.45, 7) is 9.54. The summed E-state index contributed by atoms with van der Waals surface area (Å²) in [5.41, 5.74) is 0.244. The summed E-state index contributed by atoms with van der Waals surface area (Å²) in [5, 5.41) is 10.4. The SMILES string of the molecule is CCN1CC2(CCN(C(=O)Cc3ccc(C(=N)NC(=O)OC(C)(C)C)cc3)CC2)OC1=O. The van der Waals surface area contributed by atoms with Crippen LogP contribution >= 0.6 is 0 Å². The Morgan fingerprint density at radius 2 is 1.81 bits per heavy atom.